The lowest BCUT2D eigenvalue weighted by Crippen LogP contribution is -2.12. The Morgan fingerprint density at radius 1 is 1.56 bits per heavy atom. The minimum atomic E-state index is -2.95. The summed E-state index contributed by atoms with van der Waals surface area (Å²) in [5, 5.41) is 0. The monoisotopic (exact) mass is 281 g/mol. The summed E-state index contributed by atoms with van der Waals surface area (Å²) in [6.45, 7) is 1.77. The van der Waals surface area contributed by atoms with Crippen molar-refractivity contribution in [1.82, 2.24) is 4.98 Å². The fourth-order valence-corrected chi connectivity index (χ4v) is 1.78. The van der Waals surface area contributed by atoms with Gasteiger partial charge in [-0.1, -0.05) is 0 Å². The second kappa shape index (κ2) is 6.58. The van der Waals surface area contributed by atoms with Gasteiger partial charge in [0.2, 0.25) is 5.95 Å². The van der Waals surface area contributed by atoms with Crippen LogP contribution in [0.3, 0.4) is 0 Å². The first-order valence-corrected chi connectivity index (χ1v) is 5.71. The van der Waals surface area contributed by atoms with Gasteiger partial charge in [-0.3, -0.25) is 4.79 Å². The van der Waals surface area contributed by atoms with Crippen molar-refractivity contribution in [2.75, 3.05) is 6.61 Å². The summed E-state index contributed by atoms with van der Waals surface area (Å²) in [6, 6.07) is 0.917. The van der Waals surface area contributed by atoms with Crippen LogP contribution in [-0.2, 0) is 21.8 Å². The predicted molar refractivity (Wildman–Crippen MR) is 59.0 cm³/mol. The van der Waals surface area contributed by atoms with Crippen molar-refractivity contribution in [3.05, 3.63) is 28.8 Å². The molecule has 1 heterocycles. The van der Waals surface area contributed by atoms with Crippen molar-refractivity contribution >= 4 is 17.6 Å². The Labute approximate surface area is 107 Å². The average molecular weight is 282 g/mol. The molecule has 0 aromatic carbocycles. The smallest absolute Gasteiger partial charge is 0.310 e. The molecule has 1 aromatic rings. The molecule has 0 radical (unpaired) electrons. The Hall–Kier alpha value is -1.30. The van der Waals surface area contributed by atoms with Gasteiger partial charge in [0.1, 0.15) is 5.69 Å². The van der Waals surface area contributed by atoms with Crippen LogP contribution in [0.5, 0.6) is 0 Å². The van der Waals surface area contributed by atoms with E-state index in [0.717, 1.165) is 6.07 Å². The first-order chi connectivity index (χ1) is 8.49. The molecule has 0 unspecified atom stereocenters. The number of pyridine rings is 1. The van der Waals surface area contributed by atoms with E-state index in [1.54, 1.807) is 6.92 Å². The van der Waals surface area contributed by atoms with Crippen molar-refractivity contribution in [3.63, 3.8) is 0 Å². The highest BCUT2D eigenvalue weighted by Gasteiger charge is 2.21. The molecule has 7 heteroatoms. The third-order valence-electron chi connectivity index (χ3n) is 2.20. The van der Waals surface area contributed by atoms with E-state index in [-0.39, 0.29) is 30.0 Å². The molecule has 0 N–H and O–H groups in total. The second-order valence-electron chi connectivity index (χ2n) is 3.38. The zero-order valence-corrected chi connectivity index (χ0v) is 10.3. The summed E-state index contributed by atoms with van der Waals surface area (Å²) in [5.41, 5.74) is -0.684. The normalized spacial score (nSPS) is 10.8. The molecule has 0 fully saturated rings. The lowest BCUT2D eigenvalue weighted by molar-refractivity contribution is -0.142. The summed E-state index contributed by atoms with van der Waals surface area (Å²) in [7, 11) is 0. The van der Waals surface area contributed by atoms with E-state index in [0.29, 0.717) is 0 Å². The van der Waals surface area contributed by atoms with Gasteiger partial charge in [-0.15, -0.1) is 11.6 Å². The molecule has 0 aliphatic carbocycles. The van der Waals surface area contributed by atoms with E-state index in [1.807, 2.05) is 0 Å². The average Bonchev–Trinajstić information content (AvgIpc) is 2.28. The molecule has 0 saturated carbocycles. The number of hydrogen-bond donors (Lipinski definition) is 0. The van der Waals surface area contributed by atoms with Crippen LogP contribution in [0.25, 0.3) is 0 Å². The van der Waals surface area contributed by atoms with Crippen LogP contribution in [0, 0.1) is 5.95 Å². The molecule has 3 nitrogen and oxygen atoms in total. The van der Waals surface area contributed by atoms with Gasteiger partial charge >= 0.3 is 5.97 Å². The number of aromatic nitrogens is 1. The standard InChI is InChI=1S/C11H11ClF3NO2/c1-2-18-9(17)4-6-3-8(13)16-10(11(14)15)7(6)5-12/h3,11H,2,4-5H2,1H3. The van der Waals surface area contributed by atoms with Crippen molar-refractivity contribution in [1.29, 1.82) is 0 Å². The lowest BCUT2D eigenvalue weighted by atomic mass is 10.0. The van der Waals surface area contributed by atoms with Crippen LogP contribution in [0.15, 0.2) is 6.07 Å². The number of esters is 1. The highest BCUT2D eigenvalue weighted by atomic mass is 35.5. The topological polar surface area (TPSA) is 39.2 Å². The molecular formula is C11H11ClF3NO2. The van der Waals surface area contributed by atoms with Gasteiger partial charge in [0.15, 0.2) is 0 Å². The molecule has 0 spiro atoms. The number of nitrogens with zero attached hydrogens (tertiary/aromatic N) is 1. The molecule has 1 aromatic heterocycles. The zero-order valence-electron chi connectivity index (χ0n) is 9.55. The van der Waals surface area contributed by atoms with E-state index in [2.05, 4.69) is 9.72 Å². The number of halogens is 4. The van der Waals surface area contributed by atoms with Crippen molar-refractivity contribution < 1.29 is 22.7 Å². The summed E-state index contributed by atoms with van der Waals surface area (Å²) >= 11 is 5.55. The quantitative estimate of drug-likeness (QED) is 0.473. The minimum absolute atomic E-state index is 0.0267. The van der Waals surface area contributed by atoms with E-state index < -0.39 is 24.0 Å². The lowest BCUT2D eigenvalue weighted by Gasteiger charge is -2.11. The van der Waals surface area contributed by atoms with Crippen LogP contribution in [0.1, 0.15) is 30.2 Å². The Balaban J connectivity index is 3.13. The van der Waals surface area contributed by atoms with E-state index in [9.17, 15) is 18.0 Å². The fraction of sp³-hybridized carbons (Fsp3) is 0.455. The maximum absolute atomic E-state index is 13.1. The highest BCUT2D eigenvalue weighted by molar-refractivity contribution is 6.17. The molecule has 1 rings (SSSR count). The van der Waals surface area contributed by atoms with Gasteiger partial charge in [0, 0.05) is 5.88 Å². The Bertz CT molecular complexity index is 441. The summed E-state index contributed by atoms with van der Waals surface area (Å²) in [5.74, 6) is -1.98. The number of ether oxygens (including phenoxy) is 1. The third kappa shape index (κ3) is 3.60. The molecule has 0 amide bonds. The molecule has 0 aliphatic rings. The number of rotatable bonds is 5. The van der Waals surface area contributed by atoms with Gasteiger partial charge in [-0.2, -0.15) is 4.39 Å². The third-order valence-corrected chi connectivity index (χ3v) is 2.47. The van der Waals surface area contributed by atoms with E-state index in [1.165, 1.54) is 0 Å². The van der Waals surface area contributed by atoms with Gasteiger partial charge in [0.05, 0.1) is 13.0 Å². The molecule has 0 saturated heterocycles. The van der Waals surface area contributed by atoms with Gasteiger partial charge in [-0.25, -0.2) is 13.8 Å². The molecule has 18 heavy (non-hydrogen) atoms. The Morgan fingerprint density at radius 2 is 2.22 bits per heavy atom. The molecule has 100 valence electrons. The van der Waals surface area contributed by atoms with Crippen LogP contribution in [0.2, 0.25) is 0 Å². The summed E-state index contributed by atoms with van der Waals surface area (Å²) in [6.07, 6.45) is -3.26. The van der Waals surface area contributed by atoms with Gasteiger partial charge < -0.3 is 4.74 Å². The molecule has 0 atom stereocenters. The van der Waals surface area contributed by atoms with Crippen molar-refractivity contribution in [2.24, 2.45) is 0 Å². The first kappa shape index (κ1) is 14.8. The maximum Gasteiger partial charge on any atom is 0.310 e. The van der Waals surface area contributed by atoms with E-state index in [4.69, 9.17) is 11.6 Å². The van der Waals surface area contributed by atoms with Crippen molar-refractivity contribution in [2.45, 2.75) is 25.7 Å². The minimum Gasteiger partial charge on any atom is -0.466 e. The highest BCUT2D eigenvalue weighted by Crippen LogP contribution is 2.26. The van der Waals surface area contributed by atoms with Crippen LogP contribution in [0.4, 0.5) is 13.2 Å². The number of carbonyl (C=O) groups excluding carboxylic acids is 1. The van der Waals surface area contributed by atoms with Crippen molar-refractivity contribution in [3.8, 4) is 0 Å². The second-order valence-corrected chi connectivity index (χ2v) is 3.65. The zero-order chi connectivity index (χ0) is 13.7. The Kier molecular flexibility index (Phi) is 5.40. The summed E-state index contributed by atoms with van der Waals surface area (Å²) < 4.78 is 43.1. The van der Waals surface area contributed by atoms with Gasteiger partial charge in [0.25, 0.3) is 6.43 Å². The largest absolute Gasteiger partial charge is 0.466 e. The fourth-order valence-electron chi connectivity index (χ4n) is 1.47. The summed E-state index contributed by atoms with van der Waals surface area (Å²) in [4.78, 5) is 14.4. The SMILES string of the molecule is CCOC(=O)Cc1cc(F)nc(C(F)F)c1CCl. The van der Waals surface area contributed by atoms with Gasteiger partial charge in [-0.05, 0) is 24.1 Å². The molecule has 0 bridgehead atoms. The maximum atomic E-state index is 13.1. The first-order valence-electron chi connectivity index (χ1n) is 5.17. The number of alkyl halides is 3. The van der Waals surface area contributed by atoms with E-state index >= 15 is 0 Å². The molecule has 0 aliphatic heterocycles. The van der Waals surface area contributed by atoms with Crippen LogP contribution in [-0.4, -0.2) is 17.6 Å². The van der Waals surface area contributed by atoms with Crippen LogP contribution < -0.4 is 0 Å². The Morgan fingerprint density at radius 3 is 2.72 bits per heavy atom. The molecular weight excluding hydrogens is 271 g/mol. The van der Waals surface area contributed by atoms with Crippen LogP contribution >= 0.6 is 11.6 Å². The number of hydrogen-bond acceptors (Lipinski definition) is 3. The predicted octanol–water partition coefficient (Wildman–Crippen LogP) is 3.00. The number of carbonyl (C=O) groups is 1.